The van der Waals surface area contributed by atoms with Crippen LogP contribution < -0.4 is 9.47 Å². The van der Waals surface area contributed by atoms with Gasteiger partial charge in [0.2, 0.25) is 0 Å². The van der Waals surface area contributed by atoms with Gasteiger partial charge in [-0.2, -0.15) is 26.3 Å². The van der Waals surface area contributed by atoms with Gasteiger partial charge in [0.1, 0.15) is 23.7 Å². The van der Waals surface area contributed by atoms with E-state index in [2.05, 4.69) is 0 Å². The summed E-state index contributed by atoms with van der Waals surface area (Å²) >= 11 is 2.00. The highest BCUT2D eigenvalue weighted by atomic mass is 32.1. The summed E-state index contributed by atoms with van der Waals surface area (Å²) in [5.41, 5.74) is -2.67. The first-order valence-corrected chi connectivity index (χ1v) is 29.4. The summed E-state index contributed by atoms with van der Waals surface area (Å²) in [5, 5.41) is 3.03. The number of thiophene rings is 2. The minimum atomic E-state index is -5.75. The first-order valence-electron chi connectivity index (χ1n) is 27.7. The van der Waals surface area contributed by atoms with Crippen LogP contribution in [0.1, 0.15) is 34.7 Å². The molecular formula is C59H82F6O16S2. The normalized spacial score (nSPS) is 15.4. The lowest BCUT2D eigenvalue weighted by Gasteiger charge is -2.26. The van der Waals surface area contributed by atoms with Crippen LogP contribution in [0.15, 0.2) is 59.3 Å². The number of allylic oxidation sites excluding steroid dienone is 2. The van der Waals surface area contributed by atoms with Crippen molar-refractivity contribution >= 4 is 33.8 Å². The molecular weight excluding hydrogens is 1140 g/mol. The first-order chi connectivity index (χ1) is 40.1. The van der Waals surface area contributed by atoms with Crippen molar-refractivity contribution in [2.45, 2.75) is 57.7 Å². The van der Waals surface area contributed by atoms with E-state index in [0.29, 0.717) is 181 Å². The second-order valence-corrected chi connectivity index (χ2v) is 21.0. The molecule has 0 bridgehead atoms. The molecule has 16 nitrogen and oxygen atoms in total. The molecule has 1 aliphatic carbocycles. The maximum absolute atomic E-state index is 16.4. The Balaban J connectivity index is 1.07. The molecule has 0 fully saturated rings. The summed E-state index contributed by atoms with van der Waals surface area (Å²) in [5.74, 6) is -15.4. The third kappa shape index (κ3) is 22.5. The van der Waals surface area contributed by atoms with Gasteiger partial charge < -0.3 is 75.8 Å². The maximum atomic E-state index is 16.4. The fourth-order valence-corrected chi connectivity index (χ4v) is 10.0. The molecule has 0 amide bonds. The van der Waals surface area contributed by atoms with E-state index < -0.39 is 41.1 Å². The summed E-state index contributed by atoms with van der Waals surface area (Å²) in [7, 11) is 3.24. The number of benzene rings is 2. The molecule has 468 valence electrons. The van der Waals surface area contributed by atoms with E-state index in [1.54, 1.807) is 76.6 Å². The molecule has 5 rings (SSSR count). The Bertz CT molecular complexity index is 2250. The van der Waals surface area contributed by atoms with E-state index >= 15 is 26.3 Å². The maximum Gasteiger partial charge on any atom is 0.380 e. The van der Waals surface area contributed by atoms with Crippen LogP contribution in [-0.4, -0.2) is 216 Å². The molecule has 4 aromatic rings. The van der Waals surface area contributed by atoms with Gasteiger partial charge >= 0.3 is 17.8 Å². The Morgan fingerprint density at radius 3 is 0.855 bits per heavy atom. The molecule has 2 aromatic heterocycles. The van der Waals surface area contributed by atoms with Gasteiger partial charge in [-0.15, -0.1) is 22.7 Å². The monoisotopic (exact) mass is 1220 g/mol. The smallest absolute Gasteiger partial charge is 0.380 e. The quantitative estimate of drug-likeness (QED) is 0.0305. The molecule has 1 aliphatic rings. The molecule has 2 atom stereocenters. The number of ether oxygens (including phenoxy) is 16. The third-order valence-corrected chi connectivity index (χ3v) is 14.2. The van der Waals surface area contributed by atoms with Crippen molar-refractivity contribution in [3.05, 3.63) is 80.2 Å². The van der Waals surface area contributed by atoms with E-state index in [-0.39, 0.29) is 45.2 Å². The number of aryl methyl sites for hydroxylation is 2. The summed E-state index contributed by atoms with van der Waals surface area (Å²) in [4.78, 5) is 0.337. The largest absolute Gasteiger partial charge is 0.488 e. The van der Waals surface area contributed by atoms with Crippen LogP contribution >= 0.6 is 22.7 Å². The van der Waals surface area contributed by atoms with Crippen molar-refractivity contribution in [1.29, 1.82) is 0 Å². The highest BCUT2D eigenvalue weighted by molar-refractivity contribution is 7.11. The third-order valence-electron chi connectivity index (χ3n) is 12.4. The van der Waals surface area contributed by atoms with Gasteiger partial charge in [0, 0.05) is 57.4 Å². The van der Waals surface area contributed by atoms with Gasteiger partial charge in [-0.1, -0.05) is 24.3 Å². The number of rotatable bonds is 48. The zero-order chi connectivity index (χ0) is 59.8. The van der Waals surface area contributed by atoms with Crippen LogP contribution in [0.25, 0.3) is 33.4 Å². The molecule has 0 unspecified atom stereocenters. The number of methoxy groups -OCH3 is 2. The van der Waals surface area contributed by atoms with E-state index in [0.717, 1.165) is 22.7 Å². The Kier molecular flexibility index (Phi) is 32.4. The Labute approximate surface area is 491 Å². The number of hydrogen-bond donors (Lipinski definition) is 0. The Hall–Kier alpha value is -3.80. The average molecular weight is 1230 g/mol. The predicted molar refractivity (Wildman–Crippen MR) is 304 cm³/mol. The van der Waals surface area contributed by atoms with Crippen molar-refractivity contribution in [2.75, 3.05) is 186 Å². The van der Waals surface area contributed by atoms with Crippen LogP contribution in [0.5, 0.6) is 11.5 Å². The summed E-state index contributed by atoms with van der Waals surface area (Å²) in [6, 6.07) is 12.7. The van der Waals surface area contributed by atoms with Gasteiger partial charge in [0.05, 0.1) is 172 Å². The summed E-state index contributed by atoms with van der Waals surface area (Å²) in [6.07, 6.45) is -0.806. The highest BCUT2D eigenvalue weighted by Gasteiger charge is 2.80. The molecule has 0 N–H and O–H groups in total. The zero-order valence-electron chi connectivity index (χ0n) is 48.4. The van der Waals surface area contributed by atoms with Crippen molar-refractivity contribution < 1.29 is 102 Å². The Morgan fingerprint density at radius 1 is 0.361 bits per heavy atom. The van der Waals surface area contributed by atoms with Crippen LogP contribution in [0.4, 0.5) is 26.3 Å². The lowest BCUT2D eigenvalue weighted by molar-refractivity contribution is -0.254. The summed E-state index contributed by atoms with van der Waals surface area (Å²) in [6.45, 7) is 17.4. The number of hydrogen-bond acceptors (Lipinski definition) is 18. The van der Waals surface area contributed by atoms with E-state index in [9.17, 15) is 0 Å². The van der Waals surface area contributed by atoms with Gasteiger partial charge in [-0.05, 0) is 73.8 Å². The SMILES string of the molecule is COCCOCCOCCOCCOCCOCCOC[C@H](C)Oc1ccc(-c2csc(C)c2C2=C(c3c(-c4ccc(O[C@@H](C)COCCOCCOCCOCCOCCOCCOC)cc4)csc3C)C(F)(F)C(F)(F)C2(F)F)cc1. The first kappa shape index (κ1) is 70.0. The molecule has 2 heterocycles. The highest BCUT2D eigenvalue weighted by Crippen LogP contribution is 2.67. The van der Waals surface area contributed by atoms with Crippen molar-refractivity contribution in [3.8, 4) is 33.8 Å². The molecule has 83 heavy (non-hydrogen) atoms. The lowest BCUT2D eigenvalue weighted by Crippen LogP contribution is -2.49. The molecule has 2 aromatic carbocycles. The zero-order valence-corrected chi connectivity index (χ0v) is 50.1. The van der Waals surface area contributed by atoms with Crippen molar-refractivity contribution in [3.63, 3.8) is 0 Å². The van der Waals surface area contributed by atoms with Crippen LogP contribution in [-0.2, 0) is 66.3 Å². The molecule has 24 heteroatoms. The molecule has 0 spiro atoms. The molecule has 0 saturated heterocycles. The number of halogens is 6. The van der Waals surface area contributed by atoms with Gasteiger partial charge in [0.15, 0.2) is 0 Å². The van der Waals surface area contributed by atoms with Crippen molar-refractivity contribution in [1.82, 2.24) is 0 Å². The van der Waals surface area contributed by atoms with Crippen LogP contribution in [0.3, 0.4) is 0 Å². The van der Waals surface area contributed by atoms with Gasteiger partial charge in [-0.25, -0.2) is 0 Å². The van der Waals surface area contributed by atoms with Gasteiger partial charge in [0.25, 0.3) is 0 Å². The van der Waals surface area contributed by atoms with Crippen LogP contribution in [0.2, 0.25) is 0 Å². The fraction of sp³-hybridized carbons (Fsp3) is 0.627. The molecule has 0 radical (unpaired) electrons. The summed E-state index contributed by atoms with van der Waals surface area (Å²) < 4.78 is 185. The van der Waals surface area contributed by atoms with Crippen LogP contribution in [0, 0.1) is 13.8 Å². The average Bonchev–Trinajstić information content (AvgIpc) is 2.91. The van der Waals surface area contributed by atoms with E-state index in [1.165, 1.54) is 24.6 Å². The Morgan fingerprint density at radius 2 is 0.602 bits per heavy atom. The lowest BCUT2D eigenvalue weighted by atomic mass is 9.88. The predicted octanol–water partition coefficient (Wildman–Crippen LogP) is 10.6. The van der Waals surface area contributed by atoms with E-state index in [1.807, 2.05) is 0 Å². The molecule has 0 saturated carbocycles. The minimum Gasteiger partial charge on any atom is -0.488 e. The second-order valence-electron chi connectivity index (χ2n) is 18.8. The van der Waals surface area contributed by atoms with Crippen molar-refractivity contribution in [2.24, 2.45) is 0 Å². The number of alkyl halides is 6. The second kappa shape index (κ2) is 38.4. The molecule has 0 aliphatic heterocycles. The topological polar surface area (TPSA) is 148 Å². The van der Waals surface area contributed by atoms with Gasteiger partial charge in [-0.3, -0.25) is 0 Å². The standard InChI is InChI=1S/C59H82F6O16S2/c1-43(39-78-37-35-76-33-31-74-29-27-72-25-23-70-21-19-68-17-15-66-5)80-49-11-7-47(8-12-49)51-41-82-45(3)53(51)55-56(58(62,63)59(64,65)57(55,60)61)54-46(4)83-42-52(54)48-9-13-50(14-10-48)81-44(2)40-79-38-36-77-34-32-75-30-28-73-26-24-71-22-20-69-18-16-67-6/h7-14,41-44H,15-40H2,1-6H3/t43-,44-/m0/s1. The van der Waals surface area contributed by atoms with E-state index in [4.69, 9.17) is 75.8 Å². The minimum absolute atomic E-state index is 0.103. The fourth-order valence-electron chi connectivity index (χ4n) is 8.29.